The van der Waals surface area contributed by atoms with Crippen molar-refractivity contribution < 1.29 is 9.47 Å². The topological polar surface area (TPSA) is 44.5 Å². The minimum absolute atomic E-state index is 0.0621. The van der Waals surface area contributed by atoms with Gasteiger partial charge in [-0.25, -0.2) is 0 Å². The summed E-state index contributed by atoms with van der Waals surface area (Å²) >= 11 is 0. The summed E-state index contributed by atoms with van der Waals surface area (Å²) in [6.45, 7) is 9.24. The van der Waals surface area contributed by atoms with Crippen LogP contribution in [-0.4, -0.2) is 19.3 Å². The molecule has 96 valence electrons. The van der Waals surface area contributed by atoms with Gasteiger partial charge in [-0.2, -0.15) is 0 Å². The van der Waals surface area contributed by atoms with Crippen molar-refractivity contribution in [1.29, 1.82) is 0 Å². The molecule has 0 heterocycles. The molecule has 0 unspecified atom stereocenters. The maximum Gasteiger partial charge on any atom is 0.122 e. The molecular formula is C14H23NO2. The predicted octanol–water partition coefficient (Wildman–Crippen LogP) is 2.82. The Labute approximate surface area is 104 Å². The number of ether oxygens (including phenoxy) is 2. The molecule has 3 nitrogen and oxygen atoms in total. The molecule has 0 radical (unpaired) electrons. The lowest BCUT2D eigenvalue weighted by Crippen LogP contribution is -2.12. The highest BCUT2D eigenvalue weighted by Gasteiger charge is 2.04. The molecule has 17 heavy (non-hydrogen) atoms. The molecule has 0 saturated heterocycles. The van der Waals surface area contributed by atoms with Crippen LogP contribution < -0.4 is 10.5 Å². The molecule has 0 aromatic heterocycles. The summed E-state index contributed by atoms with van der Waals surface area (Å²) in [5, 5.41) is 0. The number of aryl methyl sites for hydroxylation is 1. The summed E-state index contributed by atoms with van der Waals surface area (Å²) in [6.07, 6.45) is 0.250. The van der Waals surface area contributed by atoms with E-state index < -0.39 is 0 Å². The second-order valence-electron chi connectivity index (χ2n) is 4.58. The Morgan fingerprint density at radius 2 is 1.88 bits per heavy atom. The van der Waals surface area contributed by atoms with E-state index in [-0.39, 0.29) is 12.1 Å². The lowest BCUT2D eigenvalue weighted by atomic mass is 10.1. The fourth-order valence-corrected chi connectivity index (χ4v) is 1.55. The Morgan fingerprint density at radius 1 is 1.18 bits per heavy atom. The van der Waals surface area contributed by atoms with Gasteiger partial charge in [0.15, 0.2) is 0 Å². The normalized spacial score (nSPS) is 12.8. The van der Waals surface area contributed by atoms with E-state index >= 15 is 0 Å². The van der Waals surface area contributed by atoms with Crippen LogP contribution in [0.25, 0.3) is 0 Å². The fraction of sp³-hybridized carbons (Fsp3) is 0.571. The van der Waals surface area contributed by atoms with Gasteiger partial charge in [0.2, 0.25) is 0 Å². The van der Waals surface area contributed by atoms with Gasteiger partial charge in [0.05, 0.1) is 12.7 Å². The lowest BCUT2D eigenvalue weighted by Gasteiger charge is -2.13. The Kier molecular flexibility index (Phi) is 5.45. The molecule has 0 saturated carbocycles. The third kappa shape index (κ3) is 4.75. The first-order valence-corrected chi connectivity index (χ1v) is 6.11. The molecule has 0 aliphatic heterocycles. The number of rotatable bonds is 6. The average Bonchev–Trinajstić information content (AvgIpc) is 2.25. The maximum absolute atomic E-state index is 5.83. The standard InChI is InChI=1S/C14H23NO2/c1-10(2)16-7-8-17-14-6-5-13(12(4)15)9-11(14)3/h5-6,9-10,12H,7-8,15H2,1-4H3/t12-/m1/s1. The lowest BCUT2D eigenvalue weighted by molar-refractivity contribution is 0.0551. The summed E-state index contributed by atoms with van der Waals surface area (Å²) in [7, 11) is 0. The highest BCUT2D eigenvalue weighted by Crippen LogP contribution is 2.21. The van der Waals surface area contributed by atoms with Gasteiger partial charge in [-0.3, -0.25) is 0 Å². The van der Waals surface area contributed by atoms with E-state index in [0.717, 1.165) is 16.9 Å². The summed E-state index contributed by atoms with van der Waals surface area (Å²) in [5.41, 5.74) is 8.07. The second kappa shape index (κ2) is 6.62. The van der Waals surface area contributed by atoms with Crippen molar-refractivity contribution in [2.45, 2.75) is 39.8 Å². The third-order valence-electron chi connectivity index (χ3n) is 2.52. The van der Waals surface area contributed by atoms with Gasteiger partial charge in [-0.1, -0.05) is 12.1 Å². The van der Waals surface area contributed by atoms with Gasteiger partial charge in [0.25, 0.3) is 0 Å². The van der Waals surface area contributed by atoms with Crippen LogP contribution in [0.15, 0.2) is 18.2 Å². The van der Waals surface area contributed by atoms with Gasteiger partial charge in [-0.15, -0.1) is 0 Å². The molecule has 0 bridgehead atoms. The van der Waals surface area contributed by atoms with Crippen LogP contribution >= 0.6 is 0 Å². The van der Waals surface area contributed by atoms with Crippen LogP contribution in [0.5, 0.6) is 5.75 Å². The minimum Gasteiger partial charge on any atom is -0.491 e. The molecule has 0 spiro atoms. The first kappa shape index (κ1) is 14.0. The van der Waals surface area contributed by atoms with Crippen molar-refractivity contribution >= 4 is 0 Å². The van der Waals surface area contributed by atoms with Gasteiger partial charge in [-0.05, 0) is 44.9 Å². The molecule has 2 N–H and O–H groups in total. The smallest absolute Gasteiger partial charge is 0.122 e. The SMILES string of the molecule is Cc1cc([C@@H](C)N)ccc1OCCOC(C)C. The number of benzene rings is 1. The van der Waals surface area contributed by atoms with E-state index in [0.29, 0.717) is 13.2 Å². The van der Waals surface area contributed by atoms with Gasteiger partial charge < -0.3 is 15.2 Å². The van der Waals surface area contributed by atoms with Crippen LogP contribution in [-0.2, 0) is 4.74 Å². The Hall–Kier alpha value is -1.06. The third-order valence-corrected chi connectivity index (χ3v) is 2.52. The zero-order valence-electron chi connectivity index (χ0n) is 11.2. The molecule has 1 atom stereocenters. The summed E-state index contributed by atoms with van der Waals surface area (Å²) in [4.78, 5) is 0. The molecule has 0 amide bonds. The highest BCUT2D eigenvalue weighted by molar-refractivity contribution is 5.37. The van der Waals surface area contributed by atoms with E-state index in [1.807, 2.05) is 39.8 Å². The monoisotopic (exact) mass is 237 g/mol. The Morgan fingerprint density at radius 3 is 2.41 bits per heavy atom. The summed E-state index contributed by atoms with van der Waals surface area (Å²) < 4.78 is 11.1. The quantitative estimate of drug-likeness (QED) is 0.774. The van der Waals surface area contributed by atoms with Crippen molar-refractivity contribution in [3.8, 4) is 5.75 Å². The second-order valence-corrected chi connectivity index (χ2v) is 4.58. The van der Waals surface area contributed by atoms with Crippen molar-refractivity contribution in [3.63, 3.8) is 0 Å². The van der Waals surface area contributed by atoms with Gasteiger partial charge in [0.1, 0.15) is 12.4 Å². The number of hydrogen-bond donors (Lipinski definition) is 1. The van der Waals surface area contributed by atoms with Crippen LogP contribution in [0.2, 0.25) is 0 Å². The van der Waals surface area contributed by atoms with Crippen molar-refractivity contribution in [3.05, 3.63) is 29.3 Å². The van der Waals surface area contributed by atoms with E-state index in [1.165, 1.54) is 0 Å². The van der Waals surface area contributed by atoms with E-state index in [1.54, 1.807) is 0 Å². The zero-order valence-corrected chi connectivity index (χ0v) is 11.2. The van der Waals surface area contributed by atoms with Crippen LogP contribution in [0, 0.1) is 6.92 Å². The molecule has 0 aliphatic rings. The molecule has 1 rings (SSSR count). The highest BCUT2D eigenvalue weighted by atomic mass is 16.5. The Balaban J connectivity index is 2.49. The summed E-state index contributed by atoms with van der Waals surface area (Å²) in [6, 6.07) is 6.12. The van der Waals surface area contributed by atoms with Crippen molar-refractivity contribution in [1.82, 2.24) is 0 Å². The fourth-order valence-electron chi connectivity index (χ4n) is 1.55. The van der Waals surface area contributed by atoms with Crippen molar-refractivity contribution in [2.75, 3.05) is 13.2 Å². The first-order chi connectivity index (χ1) is 8.00. The average molecular weight is 237 g/mol. The van der Waals surface area contributed by atoms with E-state index in [4.69, 9.17) is 15.2 Å². The van der Waals surface area contributed by atoms with Crippen LogP contribution in [0.1, 0.15) is 37.9 Å². The molecule has 3 heteroatoms. The molecule has 0 fully saturated rings. The van der Waals surface area contributed by atoms with Gasteiger partial charge in [0, 0.05) is 6.04 Å². The Bertz CT molecular complexity index is 348. The van der Waals surface area contributed by atoms with Crippen LogP contribution in [0.4, 0.5) is 0 Å². The number of nitrogens with two attached hydrogens (primary N) is 1. The zero-order chi connectivity index (χ0) is 12.8. The van der Waals surface area contributed by atoms with E-state index in [9.17, 15) is 0 Å². The molecular weight excluding hydrogens is 214 g/mol. The van der Waals surface area contributed by atoms with Gasteiger partial charge >= 0.3 is 0 Å². The largest absolute Gasteiger partial charge is 0.491 e. The van der Waals surface area contributed by atoms with Crippen molar-refractivity contribution in [2.24, 2.45) is 5.73 Å². The molecule has 1 aromatic rings. The van der Waals surface area contributed by atoms with E-state index in [2.05, 4.69) is 6.07 Å². The molecule has 1 aromatic carbocycles. The molecule has 0 aliphatic carbocycles. The van der Waals surface area contributed by atoms with Crippen LogP contribution in [0.3, 0.4) is 0 Å². The summed E-state index contributed by atoms with van der Waals surface area (Å²) in [5.74, 6) is 0.904. The number of hydrogen-bond acceptors (Lipinski definition) is 3. The maximum atomic E-state index is 5.83. The minimum atomic E-state index is 0.0621. The predicted molar refractivity (Wildman–Crippen MR) is 70.4 cm³/mol. The first-order valence-electron chi connectivity index (χ1n) is 6.11.